The van der Waals surface area contributed by atoms with Crippen molar-refractivity contribution in [3.05, 3.63) is 107 Å². The van der Waals surface area contributed by atoms with Crippen molar-refractivity contribution in [3.8, 4) is 0 Å². The molecule has 7 heteroatoms. The van der Waals surface area contributed by atoms with E-state index in [1.165, 1.54) is 24.8 Å². The van der Waals surface area contributed by atoms with E-state index in [0.29, 0.717) is 34.6 Å². The zero-order valence-electron chi connectivity index (χ0n) is 24.8. The molecule has 1 heterocycles. The van der Waals surface area contributed by atoms with Gasteiger partial charge in [-0.1, -0.05) is 87.7 Å². The second-order valence-electron chi connectivity index (χ2n) is 10.5. The number of esters is 1. The standard InChI is InChI=1S/C35H41N3O4/c1-4-7-8-10-13-25-16-18-28(19-17-25)33(39)36-29-22-20-26(21-23-29)31-30(34(40)42-6-3)32(27-14-11-9-12-15-27)38(24-5-2)35(41)37-31/h9,11-12,14-23,31H,4-8,10,13,24H2,1-3H3,(H,36,39)(H,37,41). The first-order valence-electron chi connectivity index (χ1n) is 15.0. The lowest BCUT2D eigenvalue weighted by atomic mass is 9.91. The minimum absolute atomic E-state index is 0.195. The van der Waals surface area contributed by atoms with Gasteiger partial charge in [0.2, 0.25) is 0 Å². The molecule has 0 fully saturated rings. The van der Waals surface area contributed by atoms with Crippen LogP contribution in [0.4, 0.5) is 10.5 Å². The maximum absolute atomic E-state index is 13.4. The molecule has 220 valence electrons. The van der Waals surface area contributed by atoms with Gasteiger partial charge in [-0.05, 0) is 67.1 Å². The molecular weight excluding hydrogens is 526 g/mol. The van der Waals surface area contributed by atoms with Gasteiger partial charge in [-0.25, -0.2) is 9.59 Å². The molecule has 0 radical (unpaired) electrons. The summed E-state index contributed by atoms with van der Waals surface area (Å²) in [5.74, 6) is -0.673. The van der Waals surface area contributed by atoms with Crippen LogP contribution in [0.1, 0.15) is 86.0 Å². The Morgan fingerprint density at radius 3 is 2.21 bits per heavy atom. The molecular formula is C35H41N3O4. The Balaban J connectivity index is 1.57. The number of carbonyl (C=O) groups is 3. The minimum atomic E-state index is -0.713. The zero-order valence-corrected chi connectivity index (χ0v) is 24.8. The lowest BCUT2D eigenvalue weighted by Crippen LogP contribution is -2.48. The molecule has 7 nitrogen and oxygen atoms in total. The molecule has 42 heavy (non-hydrogen) atoms. The first-order chi connectivity index (χ1) is 20.5. The first-order valence-corrected chi connectivity index (χ1v) is 15.0. The molecule has 2 N–H and O–H groups in total. The van der Waals surface area contributed by atoms with E-state index in [1.807, 2.05) is 73.7 Å². The summed E-state index contributed by atoms with van der Waals surface area (Å²) in [5.41, 5.74) is 4.85. The summed E-state index contributed by atoms with van der Waals surface area (Å²) in [7, 11) is 0. The number of unbranched alkanes of at least 4 members (excludes halogenated alkanes) is 3. The van der Waals surface area contributed by atoms with Crippen LogP contribution in [0.15, 0.2) is 84.4 Å². The smallest absolute Gasteiger partial charge is 0.338 e. The van der Waals surface area contributed by atoms with Crippen molar-refractivity contribution in [2.24, 2.45) is 0 Å². The van der Waals surface area contributed by atoms with Gasteiger partial charge in [0.05, 0.1) is 23.9 Å². The molecule has 0 saturated carbocycles. The third kappa shape index (κ3) is 7.46. The van der Waals surface area contributed by atoms with E-state index in [2.05, 4.69) is 17.6 Å². The van der Waals surface area contributed by atoms with Crippen LogP contribution in [0.5, 0.6) is 0 Å². The van der Waals surface area contributed by atoms with Crippen molar-refractivity contribution in [3.63, 3.8) is 0 Å². The second kappa shape index (κ2) is 15.0. The van der Waals surface area contributed by atoms with Crippen molar-refractivity contribution in [2.45, 2.75) is 65.3 Å². The molecule has 0 spiro atoms. The van der Waals surface area contributed by atoms with Gasteiger partial charge < -0.3 is 15.4 Å². The molecule has 1 aliphatic rings. The highest BCUT2D eigenvalue weighted by Gasteiger charge is 2.38. The van der Waals surface area contributed by atoms with Gasteiger partial charge in [0.15, 0.2) is 0 Å². The van der Waals surface area contributed by atoms with E-state index >= 15 is 0 Å². The predicted octanol–water partition coefficient (Wildman–Crippen LogP) is 7.51. The second-order valence-corrected chi connectivity index (χ2v) is 10.5. The van der Waals surface area contributed by atoms with E-state index < -0.39 is 12.0 Å². The molecule has 3 aromatic carbocycles. The van der Waals surface area contributed by atoms with Crippen LogP contribution in [0, 0.1) is 0 Å². The average molecular weight is 568 g/mol. The van der Waals surface area contributed by atoms with Crippen molar-refractivity contribution in [1.82, 2.24) is 10.2 Å². The Labute approximate surface area is 249 Å². The number of nitrogens with one attached hydrogen (secondary N) is 2. The number of benzene rings is 3. The summed E-state index contributed by atoms with van der Waals surface area (Å²) in [6.45, 7) is 6.62. The average Bonchev–Trinajstić information content (AvgIpc) is 3.01. The Morgan fingerprint density at radius 2 is 1.57 bits per heavy atom. The maximum atomic E-state index is 13.4. The Morgan fingerprint density at radius 1 is 0.857 bits per heavy atom. The number of hydrogen-bond acceptors (Lipinski definition) is 4. The lowest BCUT2D eigenvalue weighted by Gasteiger charge is -2.36. The molecule has 3 aromatic rings. The summed E-state index contributed by atoms with van der Waals surface area (Å²) in [6, 6.07) is 23.4. The molecule has 1 atom stereocenters. The Kier molecular flexibility index (Phi) is 10.9. The summed E-state index contributed by atoms with van der Waals surface area (Å²) >= 11 is 0. The van der Waals surface area contributed by atoms with Gasteiger partial charge in [0.1, 0.15) is 0 Å². The molecule has 0 bridgehead atoms. The minimum Gasteiger partial charge on any atom is -0.463 e. The van der Waals surface area contributed by atoms with Gasteiger partial charge in [-0.15, -0.1) is 0 Å². The maximum Gasteiger partial charge on any atom is 0.338 e. The fourth-order valence-electron chi connectivity index (χ4n) is 5.22. The normalized spacial score (nSPS) is 14.9. The molecule has 0 saturated heterocycles. The topological polar surface area (TPSA) is 87.7 Å². The van der Waals surface area contributed by atoms with Gasteiger partial charge in [-0.2, -0.15) is 0 Å². The molecule has 1 unspecified atom stereocenters. The number of aryl methyl sites for hydroxylation is 1. The largest absolute Gasteiger partial charge is 0.463 e. The van der Waals surface area contributed by atoms with Crippen LogP contribution in [-0.4, -0.2) is 36.0 Å². The van der Waals surface area contributed by atoms with Gasteiger partial charge >= 0.3 is 12.0 Å². The number of hydrogen-bond donors (Lipinski definition) is 2. The zero-order chi connectivity index (χ0) is 29.9. The third-order valence-corrected chi connectivity index (χ3v) is 7.35. The molecule has 0 aromatic heterocycles. The molecule has 3 amide bonds. The van der Waals surface area contributed by atoms with Crippen LogP contribution < -0.4 is 10.6 Å². The van der Waals surface area contributed by atoms with Crippen LogP contribution in [0.25, 0.3) is 5.70 Å². The summed E-state index contributed by atoms with van der Waals surface area (Å²) in [4.78, 5) is 41.3. The molecule has 4 rings (SSSR count). The van der Waals surface area contributed by atoms with Crippen molar-refractivity contribution >= 4 is 29.3 Å². The Hall–Kier alpha value is -4.39. The SMILES string of the molecule is CCCCCCc1ccc(C(=O)Nc2ccc(C3NC(=O)N(CCC)C(c4ccccc4)=C3C(=O)OCC)cc2)cc1. The number of urea groups is 1. The Bertz CT molecular complexity index is 1380. The predicted molar refractivity (Wildman–Crippen MR) is 167 cm³/mol. The highest BCUT2D eigenvalue weighted by Crippen LogP contribution is 2.37. The summed E-state index contributed by atoms with van der Waals surface area (Å²) in [5, 5.41) is 5.96. The quantitative estimate of drug-likeness (QED) is 0.165. The van der Waals surface area contributed by atoms with Crippen LogP contribution in [0.3, 0.4) is 0 Å². The van der Waals surface area contributed by atoms with E-state index in [0.717, 1.165) is 24.8 Å². The monoisotopic (exact) mass is 567 g/mol. The van der Waals surface area contributed by atoms with Gasteiger partial charge in [-0.3, -0.25) is 9.69 Å². The summed E-state index contributed by atoms with van der Waals surface area (Å²) < 4.78 is 5.48. The molecule has 0 aliphatic carbocycles. The number of rotatable bonds is 13. The van der Waals surface area contributed by atoms with Gasteiger partial charge in [0.25, 0.3) is 5.91 Å². The highest BCUT2D eigenvalue weighted by atomic mass is 16.5. The molecule has 1 aliphatic heterocycles. The van der Waals surface area contributed by atoms with Crippen molar-refractivity contribution in [1.29, 1.82) is 0 Å². The number of ether oxygens (including phenoxy) is 1. The number of amides is 3. The van der Waals surface area contributed by atoms with Crippen LogP contribution in [-0.2, 0) is 16.0 Å². The van der Waals surface area contributed by atoms with Crippen LogP contribution in [0.2, 0.25) is 0 Å². The first kappa shape index (κ1) is 30.6. The fraction of sp³-hybridized carbons (Fsp3) is 0.343. The lowest BCUT2D eigenvalue weighted by molar-refractivity contribution is -0.138. The highest BCUT2D eigenvalue weighted by molar-refractivity contribution is 6.05. The fourth-order valence-corrected chi connectivity index (χ4v) is 5.22. The van der Waals surface area contributed by atoms with Crippen molar-refractivity contribution in [2.75, 3.05) is 18.5 Å². The number of carbonyl (C=O) groups excluding carboxylic acids is 3. The number of anilines is 1. The van der Waals surface area contributed by atoms with E-state index in [1.54, 1.807) is 24.0 Å². The van der Waals surface area contributed by atoms with E-state index in [4.69, 9.17) is 4.74 Å². The van der Waals surface area contributed by atoms with Crippen molar-refractivity contribution < 1.29 is 19.1 Å². The summed E-state index contributed by atoms with van der Waals surface area (Å²) in [6.07, 6.45) is 6.58. The third-order valence-electron chi connectivity index (χ3n) is 7.35. The van der Waals surface area contributed by atoms with E-state index in [9.17, 15) is 14.4 Å². The van der Waals surface area contributed by atoms with Gasteiger partial charge in [0, 0.05) is 17.8 Å². The van der Waals surface area contributed by atoms with Crippen LogP contribution >= 0.6 is 0 Å². The van der Waals surface area contributed by atoms with E-state index in [-0.39, 0.29) is 18.5 Å². The number of nitrogens with zero attached hydrogens (tertiary/aromatic N) is 1.